The molecule has 0 saturated carbocycles. The molecule has 1 heterocycles. The molecule has 12 heavy (non-hydrogen) atoms. The predicted molar refractivity (Wildman–Crippen MR) is 54.1 cm³/mol. The van der Waals surface area contributed by atoms with Gasteiger partial charge in [0, 0.05) is 24.8 Å². The number of imidazole rings is 1. The van der Waals surface area contributed by atoms with Crippen molar-refractivity contribution >= 4 is 24.0 Å². The first-order valence-corrected chi connectivity index (χ1v) is 4.31. The molecule has 2 nitrogen and oxygen atoms in total. The molecule has 0 bridgehead atoms. The molecule has 0 aromatic carbocycles. The lowest BCUT2D eigenvalue weighted by Crippen LogP contribution is -2.09. The molecule has 0 aliphatic carbocycles. The third kappa shape index (κ3) is 3.03. The van der Waals surface area contributed by atoms with Crippen LogP contribution in [0.5, 0.6) is 0 Å². The molecule has 1 aromatic heterocycles. The molecular weight excluding hydrogens is 195 g/mol. The van der Waals surface area contributed by atoms with Gasteiger partial charge in [0.15, 0.2) is 0 Å². The quantitative estimate of drug-likeness (QED) is 0.699. The zero-order valence-corrected chi connectivity index (χ0v) is 8.90. The first kappa shape index (κ1) is 11.8. The molecule has 1 unspecified atom stereocenters. The Morgan fingerprint density at radius 2 is 2.33 bits per heavy atom. The maximum atomic E-state index is 5.69. The first-order chi connectivity index (χ1) is 5.24. The fourth-order valence-corrected chi connectivity index (χ4v) is 1.08. The van der Waals surface area contributed by atoms with Crippen molar-refractivity contribution in [3.8, 4) is 0 Å². The van der Waals surface area contributed by atoms with Crippen LogP contribution in [0.4, 0.5) is 0 Å². The van der Waals surface area contributed by atoms with E-state index in [0.29, 0.717) is 11.8 Å². The Morgan fingerprint density at radius 1 is 1.67 bits per heavy atom. The largest absolute Gasteiger partial charge is 0.335 e. The highest BCUT2D eigenvalue weighted by Gasteiger charge is 2.02. The van der Waals surface area contributed by atoms with Gasteiger partial charge in [-0.15, -0.1) is 24.0 Å². The normalized spacial score (nSPS) is 12.2. The second-order valence-corrected chi connectivity index (χ2v) is 3.19. The third-order valence-electron chi connectivity index (χ3n) is 1.70. The lowest BCUT2D eigenvalue weighted by atomic mass is 10.2. The number of alkyl halides is 1. The molecule has 0 saturated heterocycles. The Morgan fingerprint density at radius 3 is 2.75 bits per heavy atom. The smallest absolute Gasteiger partial charge is 0.105 e. The molecule has 0 radical (unpaired) electrons. The van der Waals surface area contributed by atoms with Crippen LogP contribution >= 0.6 is 24.0 Å². The Balaban J connectivity index is 0.00000121. The number of rotatable bonds is 3. The third-order valence-corrected chi connectivity index (χ3v) is 2.22. The molecule has 1 rings (SSSR count). The van der Waals surface area contributed by atoms with E-state index in [2.05, 4.69) is 16.5 Å². The maximum Gasteiger partial charge on any atom is 0.105 e. The topological polar surface area (TPSA) is 17.8 Å². The van der Waals surface area contributed by atoms with Crippen molar-refractivity contribution in [2.75, 3.05) is 5.88 Å². The molecule has 0 spiro atoms. The summed E-state index contributed by atoms with van der Waals surface area (Å²) >= 11 is 5.69. The summed E-state index contributed by atoms with van der Waals surface area (Å²) in [6.07, 6.45) is 3.80. The van der Waals surface area contributed by atoms with Crippen LogP contribution in [0.2, 0.25) is 0 Å². The second kappa shape index (κ2) is 5.44. The van der Waals surface area contributed by atoms with Crippen molar-refractivity contribution in [2.24, 2.45) is 5.92 Å². The summed E-state index contributed by atoms with van der Waals surface area (Å²) < 4.78 is 2.12. The Hall–Kier alpha value is -0.210. The number of nitrogens with zero attached hydrogens (tertiary/aromatic N) is 2. The molecule has 0 aliphatic rings. The molecule has 1 aromatic rings. The summed E-state index contributed by atoms with van der Waals surface area (Å²) in [6, 6.07) is 0. The van der Waals surface area contributed by atoms with Crippen LogP contribution in [0.3, 0.4) is 0 Å². The first-order valence-electron chi connectivity index (χ1n) is 3.77. The van der Waals surface area contributed by atoms with Gasteiger partial charge in [-0.1, -0.05) is 6.92 Å². The fraction of sp³-hybridized carbons (Fsp3) is 0.625. The van der Waals surface area contributed by atoms with Gasteiger partial charge in [0.05, 0.1) is 0 Å². The minimum atomic E-state index is 0. The standard InChI is InChI=1S/C8H13ClN2.ClH/c1-7(5-9)6-11-4-3-10-8(11)2;/h3-4,7H,5-6H2,1-2H3;1H. The van der Waals surface area contributed by atoms with Crippen molar-refractivity contribution in [1.82, 2.24) is 9.55 Å². The van der Waals surface area contributed by atoms with Crippen LogP contribution < -0.4 is 0 Å². The van der Waals surface area contributed by atoms with E-state index in [1.54, 1.807) is 0 Å². The van der Waals surface area contributed by atoms with Crippen molar-refractivity contribution in [2.45, 2.75) is 20.4 Å². The number of hydrogen-bond acceptors (Lipinski definition) is 1. The zero-order valence-electron chi connectivity index (χ0n) is 7.33. The number of halogens is 2. The van der Waals surface area contributed by atoms with Gasteiger partial charge in [0.2, 0.25) is 0 Å². The van der Waals surface area contributed by atoms with Crippen LogP contribution in [0.25, 0.3) is 0 Å². The SMILES string of the molecule is Cc1nccn1CC(C)CCl.Cl. The van der Waals surface area contributed by atoms with Crippen molar-refractivity contribution < 1.29 is 0 Å². The highest BCUT2D eigenvalue weighted by molar-refractivity contribution is 6.18. The minimum Gasteiger partial charge on any atom is -0.335 e. The average Bonchev–Trinajstić information content (AvgIpc) is 2.37. The summed E-state index contributed by atoms with van der Waals surface area (Å²) in [7, 11) is 0. The van der Waals surface area contributed by atoms with Crippen LogP contribution in [0.1, 0.15) is 12.7 Å². The van der Waals surface area contributed by atoms with Crippen LogP contribution in [-0.4, -0.2) is 15.4 Å². The summed E-state index contributed by atoms with van der Waals surface area (Å²) in [5.41, 5.74) is 0. The van der Waals surface area contributed by atoms with Crippen LogP contribution in [-0.2, 0) is 6.54 Å². The van der Waals surface area contributed by atoms with Crippen molar-refractivity contribution in [3.05, 3.63) is 18.2 Å². The average molecular weight is 209 g/mol. The Bertz CT molecular complexity index is 223. The van der Waals surface area contributed by atoms with Gasteiger partial charge < -0.3 is 4.57 Å². The van der Waals surface area contributed by atoms with E-state index >= 15 is 0 Å². The number of hydrogen-bond donors (Lipinski definition) is 0. The molecule has 4 heteroatoms. The van der Waals surface area contributed by atoms with Gasteiger partial charge in [0.1, 0.15) is 5.82 Å². The van der Waals surface area contributed by atoms with E-state index in [9.17, 15) is 0 Å². The van der Waals surface area contributed by atoms with Gasteiger partial charge in [-0.05, 0) is 12.8 Å². The zero-order chi connectivity index (χ0) is 8.27. The fourth-order valence-electron chi connectivity index (χ4n) is 0.981. The van der Waals surface area contributed by atoms with Gasteiger partial charge in [-0.2, -0.15) is 0 Å². The Kier molecular flexibility index (Phi) is 5.34. The molecule has 0 amide bonds. The highest BCUT2D eigenvalue weighted by Crippen LogP contribution is 2.04. The van der Waals surface area contributed by atoms with E-state index in [1.807, 2.05) is 19.3 Å². The molecule has 1 atom stereocenters. The van der Waals surface area contributed by atoms with Gasteiger partial charge >= 0.3 is 0 Å². The lowest BCUT2D eigenvalue weighted by molar-refractivity contribution is 0.518. The van der Waals surface area contributed by atoms with E-state index < -0.39 is 0 Å². The summed E-state index contributed by atoms with van der Waals surface area (Å²) in [4.78, 5) is 4.12. The molecule has 70 valence electrons. The summed E-state index contributed by atoms with van der Waals surface area (Å²) in [5.74, 6) is 2.28. The summed E-state index contributed by atoms with van der Waals surface area (Å²) in [5, 5.41) is 0. The van der Waals surface area contributed by atoms with E-state index in [4.69, 9.17) is 11.6 Å². The van der Waals surface area contributed by atoms with Gasteiger partial charge in [-0.25, -0.2) is 4.98 Å². The molecule has 0 aliphatic heterocycles. The van der Waals surface area contributed by atoms with E-state index in [0.717, 1.165) is 12.4 Å². The summed E-state index contributed by atoms with van der Waals surface area (Å²) in [6.45, 7) is 5.10. The van der Waals surface area contributed by atoms with Gasteiger partial charge in [-0.3, -0.25) is 0 Å². The monoisotopic (exact) mass is 208 g/mol. The van der Waals surface area contributed by atoms with Crippen LogP contribution in [0, 0.1) is 12.8 Å². The van der Waals surface area contributed by atoms with Crippen LogP contribution in [0.15, 0.2) is 12.4 Å². The number of aromatic nitrogens is 2. The highest BCUT2D eigenvalue weighted by atomic mass is 35.5. The van der Waals surface area contributed by atoms with Crippen molar-refractivity contribution in [1.29, 1.82) is 0 Å². The molecular formula is C8H14Cl2N2. The predicted octanol–water partition coefficient (Wildman–Crippen LogP) is 2.49. The van der Waals surface area contributed by atoms with E-state index in [-0.39, 0.29) is 12.4 Å². The van der Waals surface area contributed by atoms with Gasteiger partial charge in [0.25, 0.3) is 0 Å². The van der Waals surface area contributed by atoms with Crippen molar-refractivity contribution in [3.63, 3.8) is 0 Å². The lowest BCUT2D eigenvalue weighted by Gasteiger charge is -2.09. The second-order valence-electron chi connectivity index (χ2n) is 2.89. The maximum absolute atomic E-state index is 5.69. The van der Waals surface area contributed by atoms with E-state index in [1.165, 1.54) is 0 Å². The Labute approximate surface area is 84.4 Å². The minimum absolute atomic E-state index is 0. The molecule has 0 N–H and O–H groups in total. The number of aryl methyl sites for hydroxylation is 1. The molecule has 0 fully saturated rings.